The maximum absolute atomic E-state index is 12.5. The van der Waals surface area contributed by atoms with Crippen molar-refractivity contribution >= 4 is 5.82 Å². The molecule has 31 heavy (non-hydrogen) atoms. The first-order valence-corrected chi connectivity index (χ1v) is 9.84. The van der Waals surface area contributed by atoms with Crippen LogP contribution in [0, 0.1) is 0 Å². The molecule has 3 aromatic rings. The summed E-state index contributed by atoms with van der Waals surface area (Å²) in [5, 5.41) is 8.24. The largest absolute Gasteiger partial charge is 0.573 e. The molecule has 164 valence electrons. The second-order valence-electron chi connectivity index (χ2n) is 7.05. The molecule has 2 heterocycles. The highest BCUT2D eigenvalue weighted by molar-refractivity contribution is 5.80. The first-order chi connectivity index (χ1) is 14.9. The van der Waals surface area contributed by atoms with Gasteiger partial charge in [-0.1, -0.05) is 6.07 Å². The summed E-state index contributed by atoms with van der Waals surface area (Å²) in [5.41, 5.74) is 3.08. The van der Waals surface area contributed by atoms with Crippen molar-refractivity contribution in [1.29, 1.82) is 0 Å². The number of ether oxygens (including phenoxy) is 3. The highest BCUT2D eigenvalue weighted by Gasteiger charge is 2.31. The fraction of sp³-hybridized carbons (Fsp3) is 0.318. The molecule has 0 unspecified atom stereocenters. The van der Waals surface area contributed by atoms with Gasteiger partial charge in [-0.05, 0) is 55.7 Å². The Labute approximate surface area is 177 Å². The maximum Gasteiger partial charge on any atom is 0.573 e. The van der Waals surface area contributed by atoms with E-state index < -0.39 is 6.36 Å². The predicted molar refractivity (Wildman–Crippen MR) is 110 cm³/mol. The number of alkyl halides is 3. The van der Waals surface area contributed by atoms with Gasteiger partial charge in [0.05, 0.1) is 25.5 Å². The highest BCUT2D eigenvalue weighted by atomic mass is 19.4. The Bertz CT molecular complexity index is 1040. The van der Waals surface area contributed by atoms with E-state index in [4.69, 9.17) is 14.6 Å². The summed E-state index contributed by atoms with van der Waals surface area (Å²) in [7, 11) is 3.18. The van der Waals surface area contributed by atoms with Crippen molar-refractivity contribution in [2.24, 2.45) is 0 Å². The van der Waals surface area contributed by atoms with Gasteiger partial charge >= 0.3 is 6.36 Å². The molecule has 6 nitrogen and oxygen atoms in total. The van der Waals surface area contributed by atoms with Crippen LogP contribution in [-0.2, 0) is 6.42 Å². The van der Waals surface area contributed by atoms with Crippen molar-refractivity contribution in [1.82, 2.24) is 9.78 Å². The number of fused-ring (bicyclic) bond motifs is 1. The molecule has 0 bridgehead atoms. The van der Waals surface area contributed by atoms with Crippen LogP contribution < -0.4 is 19.5 Å². The van der Waals surface area contributed by atoms with Gasteiger partial charge in [-0.3, -0.25) is 0 Å². The summed E-state index contributed by atoms with van der Waals surface area (Å²) in [4.78, 5) is 0. The van der Waals surface area contributed by atoms with Gasteiger partial charge in [0, 0.05) is 12.1 Å². The zero-order valence-corrected chi connectivity index (χ0v) is 17.1. The molecule has 1 N–H and O–H groups in total. The highest BCUT2D eigenvalue weighted by Crippen LogP contribution is 2.43. The van der Waals surface area contributed by atoms with Gasteiger partial charge in [0.25, 0.3) is 0 Å². The van der Waals surface area contributed by atoms with Crippen LogP contribution in [0.4, 0.5) is 19.0 Å². The van der Waals surface area contributed by atoms with E-state index in [2.05, 4.69) is 10.1 Å². The molecule has 0 spiro atoms. The van der Waals surface area contributed by atoms with E-state index in [1.165, 1.54) is 12.1 Å². The normalized spacial score (nSPS) is 13.7. The van der Waals surface area contributed by atoms with Crippen molar-refractivity contribution < 1.29 is 27.4 Å². The summed E-state index contributed by atoms with van der Waals surface area (Å²) < 4.78 is 54.3. The van der Waals surface area contributed by atoms with Crippen LogP contribution >= 0.6 is 0 Å². The molecule has 4 rings (SSSR count). The lowest BCUT2D eigenvalue weighted by molar-refractivity contribution is -0.274. The van der Waals surface area contributed by atoms with Crippen molar-refractivity contribution in [3.8, 4) is 34.2 Å². The smallest absolute Gasteiger partial charge is 0.496 e. The lowest BCUT2D eigenvalue weighted by Gasteiger charge is -2.12. The lowest BCUT2D eigenvalue weighted by Crippen LogP contribution is -2.17. The Morgan fingerprint density at radius 2 is 1.65 bits per heavy atom. The molecular weight excluding hydrogens is 411 g/mol. The summed E-state index contributed by atoms with van der Waals surface area (Å²) in [6, 6.07) is 11.2. The van der Waals surface area contributed by atoms with Gasteiger partial charge in [0.1, 0.15) is 28.8 Å². The number of nitrogens with zero attached hydrogens (tertiary/aromatic N) is 2. The third-order valence-corrected chi connectivity index (χ3v) is 5.11. The topological polar surface area (TPSA) is 57.5 Å². The molecule has 0 saturated heterocycles. The van der Waals surface area contributed by atoms with E-state index in [0.717, 1.165) is 42.8 Å². The number of benzene rings is 2. The van der Waals surface area contributed by atoms with Gasteiger partial charge < -0.3 is 19.5 Å². The summed E-state index contributed by atoms with van der Waals surface area (Å²) in [6.45, 7) is 0.774. The van der Waals surface area contributed by atoms with Crippen molar-refractivity contribution in [2.75, 3.05) is 26.1 Å². The average Bonchev–Trinajstić information content (AvgIpc) is 2.92. The molecule has 0 atom stereocenters. The number of aromatic nitrogens is 2. The fourth-order valence-corrected chi connectivity index (χ4v) is 3.76. The minimum absolute atomic E-state index is 0.283. The van der Waals surface area contributed by atoms with Crippen LogP contribution in [0.3, 0.4) is 0 Å². The van der Waals surface area contributed by atoms with E-state index >= 15 is 0 Å². The van der Waals surface area contributed by atoms with Crippen molar-refractivity contribution in [3.63, 3.8) is 0 Å². The average molecular weight is 433 g/mol. The van der Waals surface area contributed by atoms with E-state index in [1.54, 1.807) is 31.0 Å². The molecule has 1 aliphatic rings. The molecule has 0 fully saturated rings. The molecule has 1 aliphatic heterocycles. The molecule has 9 heteroatoms. The zero-order valence-electron chi connectivity index (χ0n) is 17.1. The Balaban J connectivity index is 1.84. The molecule has 0 amide bonds. The zero-order chi connectivity index (χ0) is 22.0. The van der Waals surface area contributed by atoms with Crippen LogP contribution in [0.1, 0.15) is 18.4 Å². The number of hydrogen-bond donors (Lipinski definition) is 1. The summed E-state index contributed by atoms with van der Waals surface area (Å²) in [6.07, 6.45) is -1.96. The van der Waals surface area contributed by atoms with Crippen LogP contribution in [-0.4, -0.2) is 36.9 Å². The van der Waals surface area contributed by atoms with Gasteiger partial charge in [-0.15, -0.1) is 13.2 Å². The Hall–Kier alpha value is -3.36. The molecule has 0 aliphatic carbocycles. The van der Waals surface area contributed by atoms with Crippen LogP contribution in [0.2, 0.25) is 0 Å². The van der Waals surface area contributed by atoms with Crippen LogP contribution in [0.5, 0.6) is 17.2 Å². The van der Waals surface area contributed by atoms with Crippen molar-refractivity contribution in [3.05, 3.63) is 48.0 Å². The molecule has 2 aromatic carbocycles. The fourth-order valence-electron chi connectivity index (χ4n) is 3.76. The Kier molecular flexibility index (Phi) is 5.67. The number of anilines is 1. The van der Waals surface area contributed by atoms with Gasteiger partial charge in [-0.25, -0.2) is 4.68 Å². The van der Waals surface area contributed by atoms with E-state index in [0.29, 0.717) is 22.9 Å². The first kappa shape index (κ1) is 20.9. The second kappa shape index (κ2) is 8.41. The number of methoxy groups -OCH3 is 2. The number of rotatable bonds is 5. The van der Waals surface area contributed by atoms with E-state index in [-0.39, 0.29) is 5.75 Å². The third kappa shape index (κ3) is 4.26. The quantitative estimate of drug-likeness (QED) is 0.599. The van der Waals surface area contributed by atoms with Crippen molar-refractivity contribution in [2.45, 2.75) is 25.6 Å². The molecule has 1 aromatic heterocycles. The molecule has 0 radical (unpaired) electrons. The third-order valence-electron chi connectivity index (χ3n) is 5.11. The van der Waals surface area contributed by atoms with Crippen LogP contribution in [0.15, 0.2) is 42.5 Å². The van der Waals surface area contributed by atoms with E-state index in [1.807, 2.05) is 18.2 Å². The molecule has 0 saturated carbocycles. The number of halogens is 3. The number of nitrogens with one attached hydrogen (secondary N) is 1. The Morgan fingerprint density at radius 1 is 0.968 bits per heavy atom. The van der Waals surface area contributed by atoms with Gasteiger partial charge in [-0.2, -0.15) is 5.10 Å². The minimum atomic E-state index is -4.74. The number of hydrogen-bond acceptors (Lipinski definition) is 5. The maximum atomic E-state index is 12.5. The first-order valence-electron chi connectivity index (χ1n) is 9.84. The lowest BCUT2D eigenvalue weighted by atomic mass is 10.0. The minimum Gasteiger partial charge on any atom is -0.496 e. The predicted octanol–water partition coefficient (Wildman–Crippen LogP) is 5.20. The molecular formula is C22H22F3N3O3. The van der Waals surface area contributed by atoms with Gasteiger partial charge in [0.2, 0.25) is 0 Å². The van der Waals surface area contributed by atoms with E-state index in [9.17, 15) is 13.2 Å². The SMILES string of the molecule is COc1cccc(OC)c1-c1nn(-c2ccc(OC(F)(F)F)cc2)c2c1CCCCN2. The Morgan fingerprint density at radius 3 is 2.26 bits per heavy atom. The standard InChI is InChI=1S/C22H22F3N3O3/c1-29-17-7-5-8-18(30-2)19(17)20-16-6-3-4-13-26-21(16)28(27-20)14-9-11-15(12-10-14)31-22(23,24)25/h5,7-12,26H,3-4,6,13H2,1-2H3. The van der Waals surface area contributed by atoms with Gasteiger partial charge in [0.15, 0.2) is 0 Å². The monoisotopic (exact) mass is 433 g/mol. The van der Waals surface area contributed by atoms with Crippen LogP contribution in [0.25, 0.3) is 16.9 Å². The summed E-state index contributed by atoms with van der Waals surface area (Å²) >= 11 is 0. The summed E-state index contributed by atoms with van der Waals surface area (Å²) in [5.74, 6) is 1.79. The second-order valence-corrected chi connectivity index (χ2v) is 7.05.